The van der Waals surface area contributed by atoms with Gasteiger partial charge in [0.2, 0.25) is 0 Å². The molecule has 0 fully saturated rings. The Morgan fingerprint density at radius 3 is 3.08 bits per heavy atom. The van der Waals surface area contributed by atoms with E-state index in [2.05, 4.69) is 0 Å². The van der Waals surface area contributed by atoms with Gasteiger partial charge in [-0.15, -0.1) is 0 Å². The molecule has 2 rings (SSSR count). The zero-order chi connectivity index (χ0) is 9.42. The van der Waals surface area contributed by atoms with Crippen molar-refractivity contribution < 1.29 is 14.6 Å². The van der Waals surface area contributed by atoms with Gasteiger partial charge in [0.1, 0.15) is 5.75 Å². The fraction of sp³-hybridized carbons (Fsp3) is 0.222. The Kier molecular flexibility index (Phi) is 1.88. The molecule has 0 bridgehead atoms. The van der Waals surface area contributed by atoms with Gasteiger partial charge in [-0.3, -0.25) is 0 Å². The fourth-order valence-corrected chi connectivity index (χ4v) is 1.50. The average molecular weight is 199 g/mol. The molecule has 1 heterocycles. The van der Waals surface area contributed by atoms with Crippen molar-refractivity contribution in [3.63, 3.8) is 0 Å². The number of carboxylic acids is 1. The maximum Gasteiger partial charge on any atom is 0.345 e. The number of halogens is 1. The molecule has 4 heteroatoms. The van der Waals surface area contributed by atoms with Gasteiger partial charge in [-0.1, -0.05) is 17.7 Å². The van der Waals surface area contributed by atoms with E-state index in [1.54, 1.807) is 18.2 Å². The Hall–Kier alpha value is -1.22. The predicted octanol–water partition coefficient (Wildman–Crippen LogP) is 1.73. The summed E-state index contributed by atoms with van der Waals surface area (Å²) >= 11 is 5.72. The highest BCUT2D eigenvalue weighted by Crippen LogP contribution is 2.31. The van der Waals surface area contributed by atoms with Gasteiger partial charge in [0.05, 0.1) is 0 Å². The number of carboxylic acid groups (broad SMARTS) is 1. The van der Waals surface area contributed by atoms with E-state index in [1.807, 2.05) is 0 Å². The molecule has 0 saturated carbocycles. The number of rotatable bonds is 1. The molecular weight excluding hydrogens is 192 g/mol. The molecule has 1 unspecified atom stereocenters. The number of aliphatic carboxylic acids is 1. The predicted molar refractivity (Wildman–Crippen MR) is 47.2 cm³/mol. The molecule has 0 saturated heterocycles. The summed E-state index contributed by atoms with van der Waals surface area (Å²) in [6.07, 6.45) is -0.338. The molecule has 1 atom stereocenters. The van der Waals surface area contributed by atoms with E-state index in [0.717, 1.165) is 5.56 Å². The van der Waals surface area contributed by atoms with Crippen molar-refractivity contribution >= 4 is 17.6 Å². The maximum atomic E-state index is 10.6. The SMILES string of the molecule is O=C(O)C1Cc2ccc(Cl)cc2O1. The molecule has 68 valence electrons. The summed E-state index contributed by atoms with van der Waals surface area (Å²) in [6.45, 7) is 0. The van der Waals surface area contributed by atoms with Crippen LogP contribution in [0, 0.1) is 0 Å². The molecule has 0 aromatic heterocycles. The molecule has 0 spiro atoms. The molecule has 0 aliphatic carbocycles. The van der Waals surface area contributed by atoms with Gasteiger partial charge in [0.25, 0.3) is 0 Å². The second-order valence-corrected chi connectivity index (χ2v) is 3.34. The highest BCUT2D eigenvalue weighted by atomic mass is 35.5. The van der Waals surface area contributed by atoms with Gasteiger partial charge < -0.3 is 9.84 Å². The van der Waals surface area contributed by atoms with Crippen molar-refractivity contribution in [2.75, 3.05) is 0 Å². The minimum atomic E-state index is -0.938. The second-order valence-electron chi connectivity index (χ2n) is 2.90. The van der Waals surface area contributed by atoms with Crippen molar-refractivity contribution in [3.8, 4) is 5.75 Å². The van der Waals surface area contributed by atoms with Crippen molar-refractivity contribution in [3.05, 3.63) is 28.8 Å². The van der Waals surface area contributed by atoms with Crippen LogP contribution in [0.3, 0.4) is 0 Å². The van der Waals surface area contributed by atoms with Crippen LogP contribution >= 0.6 is 11.6 Å². The molecule has 3 nitrogen and oxygen atoms in total. The van der Waals surface area contributed by atoms with E-state index in [1.165, 1.54) is 0 Å². The Bertz CT molecular complexity index is 362. The maximum absolute atomic E-state index is 10.6. The number of hydrogen-bond acceptors (Lipinski definition) is 2. The van der Waals surface area contributed by atoms with Crippen LogP contribution in [0.15, 0.2) is 18.2 Å². The summed E-state index contributed by atoms with van der Waals surface area (Å²) in [4.78, 5) is 10.6. The first kappa shape index (κ1) is 8.38. The molecule has 0 amide bonds. The van der Waals surface area contributed by atoms with Crippen LogP contribution in [0.4, 0.5) is 0 Å². The van der Waals surface area contributed by atoms with Crippen molar-refractivity contribution in [2.45, 2.75) is 12.5 Å². The Balaban J connectivity index is 2.30. The number of benzene rings is 1. The lowest BCUT2D eigenvalue weighted by molar-refractivity contribution is -0.144. The van der Waals surface area contributed by atoms with Crippen molar-refractivity contribution in [1.82, 2.24) is 0 Å². The van der Waals surface area contributed by atoms with Crippen LogP contribution in [0.2, 0.25) is 5.02 Å². The van der Waals surface area contributed by atoms with E-state index in [-0.39, 0.29) is 0 Å². The van der Waals surface area contributed by atoms with E-state index in [9.17, 15) is 4.79 Å². The van der Waals surface area contributed by atoms with Crippen LogP contribution < -0.4 is 4.74 Å². The van der Waals surface area contributed by atoms with Gasteiger partial charge in [0, 0.05) is 11.4 Å². The van der Waals surface area contributed by atoms with Crippen molar-refractivity contribution in [2.24, 2.45) is 0 Å². The van der Waals surface area contributed by atoms with Crippen molar-refractivity contribution in [1.29, 1.82) is 0 Å². The monoisotopic (exact) mass is 198 g/mol. The van der Waals surface area contributed by atoms with Gasteiger partial charge in [-0.05, 0) is 17.7 Å². The smallest absolute Gasteiger partial charge is 0.345 e. The summed E-state index contributed by atoms with van der Waals surface area (Å²) in [7, 11) is 0. The van der Waals surface area contributed by atoms with Crippen LogP contribution in [-0.2, 0) is 11.2 Å². The first-order valence-electron chi connectivity index (χ1n) is 3.85. The normalized spacial score (nSPS) is 19.3. The lowest BCUT2D eigenvalue weighted by Gasteiger charge is -2.03. The third-order valence-electron chi connectivity index (χ3n) is 1.98. The number of carbonyl (C=O) groups is 1. The fourth-order valence-electron chi connectivity index (χ4n) is 1.34. The zero-order valence-corrected chi connectivity index (χ0v) is 7.41. The summed E-state index contributed by atoms with van der Waals surface area (Å²) in [5, 5.41) is 9.26. The molecular formula is C9H7ClO3. The van der Waals surface area contributed by atoms with Crippen LogP contribution in [-0.4, -0.2) is 17.2 Å². The minimum absolute atomic E-state index is 0.418. The molecule has 1 aromatic rings. The van der Waals surface area contributed by atoms with Gasteiger partial charge in [0.15, 0.2) is 6.10 Å². The standard InChI is InChI=1S/C9H7ClO3/c10-6-2-1-5-3-8(9(11)12)13-7(5)4-6/h1-2,4,8H,3H2,(H,11,12). The summed E-state index contributed by atoms with van der Waals surface area (Å²) in [5.41, 5.74) is 0.900. The minimum Gasteiger partial charge on any atom is -0.478 e. The van der Waals surface area contributed by atoms with Gasteiger partial charge >= 0.3 is 5.97 Å². The lowest BCUT2D eigenvalue weighted by Crippen LogP contribution is -2.24. The molecule has 1 aromatic carbocycles. The number of hydrogen-bond donors (Lipinski definition) is 1. The quantitative estimate of drug-likeness (QED) is 0.748. The van der Waals surface area contributed by atoms with Crippen LogP contribution in [0.1, 0.15) is 5.56 Å². The number of ether oxygens (including phenoxy) is 1. The topological polar surface area (TPSA) is 46.5 Å². The highest BCUT2D eigenvalue weighted by molar-refractivity contribution is 6.30. The first-order valence-corrected chi connectivity index (χ1v) is 4.22. The Labute approximate surface area is 79.9 Å². The van der Waals surface area contributed by atoms with Gasteiger partial charge in [-0.25, -0.2) is 4.79 Å². The molecule has 13 heavy (non-hydrogen) atoms. The largest absolute Gasteiger partial charge is 0.478 e. The third kappa shape index (κ3) is 1.47. The lowest BCUT2D eigenvalue weighted by atomic mass is 10.1. The summed E-state index contributed by atoms with van der Waals surface area (Å²) in [5.74, 6) is -0.354. The van der Waals surface area contributed by atoms with E-state index < -0.39 is 12.1 Å². The van der Waals surface area contributed by atoms with E-state index >= 15 is 0 Å². The summed E-state index contributed by atoms with van der Waals surface area (Å²) in [6, 6.07) is 5.16. The third-order valence-corrected chi connectivity index (χ3v) is 2.21. The highest BCUT2D eigenvalue weighted by Gasteiger charge is 2.28. The van der Waals surface area contributed by atoms with Crippen LogP contribution in [0.5, 0.6) is 5.75 Å². The molecule has 1 aliphatic heterocycles. The molecule has 1 N–H and O–H groups in total. The Morgan fingerprint density at radius 1 is 1.62 bits per heavy atom. The molecule has 0 radical (unpaired) electrons. The Morgan fingerprint density at radius 2 is 2.38 bits per heavy atom. The average Bonchev–Trinajstić information content (AvgIpc) is 2.46. The van der Waals surface area contributed by atoms with Crippen LogP contribution in [0.25, 0.3) is 0 Å². The zero-order valence-electron chi connectivity index (χ0n) is 6.66. The summed E-state index contributed by atoms with van der Waals surface area (Å²) < 4.78 is 5.17. The van der Waals surface area contributed by atoms with E-state index in [4.69, 9.17) is 21.4 Å². The van der Waals surface area contributed by atoms with Gasteiger partial charge in [-0.2, -0.15) is 0 Å². The first-order chi connectivity index (χ1) is 6.16. The number of fused-ring (bicyclic) bond motifs is 1. The second kappa shape index (κ2) is 2.92. The molecule has 1 aliphatic rings. The van der Waals surface area contributed by atoms with E-state index in [0.29, 0.717) is 17.2 Å².